The molecule has 0 spiro atoms. The van der Waals surface area contributed by atoms with Gasteiger partial charge in [0.1, 0.15) is 0 Å². The van der Waals surface area contributed by atoms with E-state index in [0.29, 0.717) is 0 Å². The maximum atomic E-state index is 11.9. The number of likely N-dealkylation sites (tertiary alicyclic amines) is 1. The minimum Gasteiger partial charge on any atom is -0.331 e. The third kappa shape index (κ3) is 2.53. The second-order valence-electron chi connectivity index (χ2n) is 4.25. The van der Waals surface area contributed by atoms with Gasteiger partial charge in [-0.25, -0.2) is 4.79 Å². The molecule has 0 aliphatic carbocycles. The fourth-order valence-corrected chi connectivity index (χ4v) is 1.95. The molecule has 2 rings (SSSR count). The quantitative estimate of drug-likeness (QED) is 0.799. The van der Waals surface area contributed by atoms with E-state index in [1.165, 1.54) is 6.42 Å². The Kier molecular flexibility index (Phi) is 3.44. The van der Waals surface area contributed by atoms with Gasteiger partial charge < -0.3 is 10.2 Å². The molecule has 16 heavy (non-hydrogen) atoms. The maximum absolute atomic E-state index is 11.9. The Labute approximate surface area is 95.2 Å². The third-order valence-electron chi connectivity index (χ3n) is 3.00. The summed E-state index contributed by atoms with van der Waals surface area (Å²) in [6, 6.07) is 0.0431. The molecule has 88 valence electrons. The number of nitrogens with one attached hydrogen (secondary N) is 2. The van der Waals surface area contributed by atoms with Gasteiger partial charge >= 0.3 is 6.03 Å². The summed E-state index contributed by atoms with van der Waals surface area (Å²) in [6.07, 6.45) is 7.02. The third-order valence-corrected chi connectivity index (χ3v) is 3.00. The highest BCUT2D eigenvalue weighted by Gasteiger charge is 2.18. The number of nitrogens with zero attached hydrogens (tertiary/aromatic N) is 2. The van der Waals surface area contributed by atoms with Crippen LogP contribution >= 0.6 is 0 Å². The Morgan fingerprint density at radius 1 is 1.50 bits per heavy atom. The molecule has 1 atom stereocenters. The zero-order chi connectivity index (χ0) is 11.4. The molecule has 1 aromatic rings. The highest BCUT2D eigenvalue weighted by atomic mass is 16.2. The van der Waals surface area contributed by atoms with Gasteiger partial charge in [-0.1, -0.05) is 0 Å². The second-order valence-corrected chi connectivity index (χ2v) is 4.25. The average molecular weight is 222 g/mol. The Bertz CT molecular complexity index is 330. The van der Waals surface area contributed by atoms with E-state index in [-0.39, 0.29) is 12.1 Å². The Balaban J connectivity index is 1.86. The van der Waals surface area contributed by atoms with E-state index in [1.54, 1.807) is 12.4 Å². The molecule has 1 aromatic heterocycles. The van der Waals surface area contributed by atoms with Crippen molar-refractivity contribution in [3.05, 3.63) is 18.0 Å². The molecule has 1 aliphatic rings. The van der Waals surface area contributed by atoms with Crippen LogP contribution in [-0.2, 0) is 0 Å². The number of urea groups is 1. The second kappa shape index (κ2) is 5.01. The molecule has 0 aromatic carbocycles. The molecule has 2 N–H and O–H groups in total. The minimum atomic E-state index is 0.00757. The summed E-state index contributed by atoms with van der Waals surface area (Å²) in [5.74, 6) is 0. The molecular weight excluding hydrogens is 204 g/mol. The summed E-state index contributed by atoms with van der Waals surface area (Å²) < 4.78 is 0. The SMILES string of the molecule is CC(NC(=O)N1CCCCC1)c1cn[nH]c1. The van der Waals surface area contributed by atoms with E-state index < -0.39 is 0 Å². The fraction of sp³-hybridized carbons (Fsp3) is 0.636. The van der Waals surface area contributed by atoms with Crippen LogP contribution in [0.2, 0.25) is 0 Å². The van der Waals surface area contributed by atoms with Crippen LogP contribution in [-0.4, -0.2) is 34.2 Å². The van der Waals surface area contributed by atoms with Crippen molar-refractivity contribution in [2.45, 2.75) is 32.2 Å². The van der Waals surface area contributed by atoms with Crippen molar-refractivity contribution in [2.75, 3.05) is 13.1 Å². The molecule has 1 saturated heterocycles. The number of H-pyrrole nitrogens is 1. The van der Waals surface area contributed by atoms with Gasteiger partial charge in [-0.2, -0.15) is 5.10 Å². The predicted molar refractivity (Wildman–Crippen MR) is 61.0 cm³/mol. The van der Waals surface area contributed by atoms with Crippen LogP contribution < -0.4 is 5.32 Å². The van der Waals surface area contributed by atoms with Crippen LogP contribution in [0.4, 0.5) is 4.79 Å². The van der Waals surface area contributed by atoms with E-state index in [0.717, 1.165) is 31.5 Å². The molecule has 5 heteroatoms. The molecule has 2 heterocycles. The normalized spacial score (nSPS) is 18.2. The number of aromatic amines is 1. The summed E-state index contributed by atoms with van der Waals surface area (Å²) in [7, 11) is 0. The van der Waals surface area contributed by atoms with E-state index >= 15 is 0 Å². The van der Waals surface area contributed by atoms with Crippen LogP contribution in [0, 0.1) is 0 Å². The van der Waals surface area contributed by atoms with Gasteiger partial charge in [0, 0.05) is 24.8 Å². The van der Waals surface area contributed by atoms with Gasteiger partial charge in [0.25, 0.3) is 0 Å². The van der Waals surface area contributed by atoms with Gasteiger partial charge in [-0.15, -0.1) is 0 Å². The molecule has 5 nitrogen and oxygen atoms in total. The van der Waals surface area contributed by atoms with Crippen molar-refractivity contribution in [3.8, 4) is 0 Å². The average Bonchev–Trinajstić information content (AvgIpc) is 2.83. The summed E-state index contributed by atoms with van der Waals surface area (Å²) >= 11 is 0. The monoisotopic (exact) mass is 222 g/mol. The number of piperidine rings is 1. The first-order chi connectivity index (χ1) is 7.77. The van der Waals surface area contributed by atoms with E-state index in [2.05, 4.69) is 15.5 Å². The minimum absolute atomic E-state index is 0.00757. The topological polar surface area (TPSA) is 61.0 Å². The lowest BCUT2D eigenvalue weighted by Gasteiger charge is -2.28. The summed E-state index contributed by atoms with van der Waals surface area (Å²) in [4.78, 5) is 13.8. The zero-order valence-electron chi connectivity index (χ0n) is 9.57. The first kappa shape index (κ1) is 11.0. The highest BCUT2D eigenvalue weighted by Crippen LogP contribution is 2.12. The summed E-state index contributed by atoms with van der Waals surface area (Å²) in [6.45, 7) is 3.72. The molecule has 1 fully saturated rings. The molecule has 0 saturated carbocycles. The zero-order valence-corrected chi connectivity index (χ0v) is 9.57. The van der Waals surface area contributed by atoms with Crippen molar-refractivity contribution in [1.29, 1.82) is 0 Å². The van der Waals surface area contributed by atoms with Crippen LogP contribution in [0.25, 0.3) is 0 Å². The van der Waals surface area contributed by atoms with Crippen LogP contribution in [0.15, 0.2) is 12.4 Å². The predicted octanol–water partition coefficient (Wildman–Crippen LogP) is 1.67. The number of aromatic nitrogens is 2. The van der Waals surface area contributed by atoms with Crippen LogP contribution in [0.3, 0.4) is 0 Å². The molecule has 0 bridgehead atoms. The smallest absolute Gasteiger partial charge is 0.317 e. The maximum Gasteiger partial charge on any atom is 0.317 e. The van der Waals surface area contributed by atoms with Crippen LogP contribution in [0.5, 0.6) is 0 Å². The van der Waals surface area contributed by atoms with Gasteiger partial charge in [0.2, 0.25) is 0 Å². The van der Waals surface area contributed by atoms with Gasteiger partial charge in [-0.05, 0) is 26.2 Å². The van der Waals surface area contributed by atoms with Crippen molar-refractivity contribution < 1.29 is 4.79 Å². The van der Waals surface area contributed by atoms with Gasteiger partial charge in [0.15, 0.2) is 0 Å². The van der Waals surface area contributed by atoms with Crippen molar-refractivity contribution >= 4 is 6.03 Å². The highest BCUT2D eigenvalue weighted by molar-refractivity contribution is 5.74. The first-order valence-electron chi connectivity index (χ1n) is 5.81. The van der Waals surface area contributed by atoms with Crippen molar-refractivity contribution in [2.24, 2.45) is 0 Å². The molecular formula is C11H18N4O. The van der Waals surface area contributed by atoms with Crippen molar-refractivity contribution in [1.82, 2.24) is 20.4 Å². The van der Waals surface area contributed by atoms with Crippen LogP contribution in [0.1, 0.15) is 37.8 Å². The Morgan fingerprint density at radius 2 is 2.25 bits per heavy atom. The molecule has 0 radical (unpaired) electrons. The van der Waals surface area contributed by atoms with Gasteiger partial charge in [-0.3, -0.25) is 5.10 Å². The summed E-state index contributed by atoms with van der Waals surface area (Å²) in [5, 5.41) is 9.60. The lowest BCUT2D eigenvalue weighted by Crippen LogP contribution is -2.43. The van der Waals surface area contributed by atoms with E-state index in [1.807, 2.05) is 11.8 Å². The Morgan fingerprint density at radius 3 is 2.88 bits per heavy atom. The number of carbonyl (C=O) groups is 1. The lowest BCUT2D eigenvalue weighted by atomic mass is 10.1. The molecule has 1 unspecified atom stereocenters. The number of hydrogen-bond acceptors (Lipinski definition) is 2. The lowest BCUT2D eigenvalue weighted by molar-refractivity contribution is 0.183. The summed E-state index contributed by atoms with van der Waals surface area (Å²) in [5.41, 5.74) is 1.00. The number of carbonyl (C=O) groups excluding carboxylic acids is 1. The number of hydrogen-bond donors (Lipinski definition) is 2. The fourth-order valence-electron chi connectivity index (χ4n) is 1.95. The molecule has 1 aliphatic heterocycles. The molecule has 2 amide bonds. The first-order valence-corrected chi connectivity index (χ1v) is 5.81. The number of rotatable bonds is 2. The van der Waals surface area contributed by atoms with Crippen molar-refractivity contribution in [3.63, 3.8) is 0 Å². The Hall–Kier alpha value is -1.52. The van der Waals surface area contributed by atoms with E-state index in [4.69, 9.17) is 0 Å². The largest absolute Gasteiger partial charge is 0.331 e. The van der Waals surface area contributed by atoms with Gasteiger partial charge in [0.05, 0.1) is 12.2 Å². The number of amides is 2. The standard InChI is InChI=1S/C11H18N4O/c1-9(10-7-12-13-8-10)14-11(16)15-5-3-2-4-6-15/h7-9H,2-6H2,1H3,(H,12,13)(H,14,16). The van der Waals surface area contributed by atoms with E-state index in [9.17, 15) is 4.79 Å².